The topological polar surface area (TPSA) is 0 Å². The molecule has 0 unspecified atom stereocenters. The zero-order valence-electron chi connectivity index (χ0n) is 19.3. The fraction of sp³-hybridized carbons (Fsp3) is 1.00. The molecule has 0 aliphatic rings. The minimum atomic E-state index is 0.778. The first-order chi connectivity index (χ1) is 12.7. The molecule has 1 heteroatoms. The van der Waals surface area contributed by atoms with Gasteiger partial charge in [-0.25, -0.2) is 0 Å². The third kappa shape index (κ3) is 17.9. The Hall–Kier alpha value is 0.532. The van der Waals surface area contributed by atoms with Crippen molar-refractivity contribution in [3.05, 3.63) is 0 Å². The average molecular weight is 381 g/mol. The Kier molecular flexibility index (Phi) is 20.7. The predicted octanol–water partition coefficient (Wildman–Crippen LogP) is 9.03. The van der Waals surface area contributed by atoms with E-state index in [1.165, 1.54) is 132 Å². The number of hydrogen-bond donors (Lipinski definition) is 0. The van der Waals surface area contributed by atoms with Gasteiger partial charge in [0.25, 0.3) is 0 Å². The van der Waals surface area contributed by atoms with Crippen LogP contribution in [0, 0.1) is 0 Å². The van der Waals surface area contributed by atoms with Gasteiger partial charge < -0.3 is 0 Å². The van der Waals surface area contributed by atoms with Crippen LogP contribution in [-0.4, -0.2) is 16.3 Å². The van der Waals surface area contributed by atoms with Crippen LogP contribution in [-0.2, 0) is 0 Å². The summed E-state index contributed by atoms with van der Waals surface area (Å²) in [6.45, 7) is 6.97. The third-order valence-corrected chi connectivity index (χ3v) is 7.90. The van der Waals surface area contributed by atoms with E-state index in [-0.39, 0.29) is 0 Å². The molecule has 0 bridgehead atoms. The molecule has 0 aliphatic carbocycles. The molecule has 0 aliphatic heterocycles. The maximum atomic E-state index is 2.32. The quantitative estimate of drug-likeness (QED) is 0.138. The van der Waals surface area contributed by atoms with Crippen LogP contribution in [0.1, 0.15) is 156 Å². The molecule has 0 aromatic carbocycles. The van der Waals surface area contributed by atoms with Crippen LogP contribution in [0.2, 0.25) is 4.28 Å². The van der Waals surface area contributed by atoms with E-state index in [0.29, 0.717) is 0 Å². The van der Waals surface area contributed by atoms with E-state index in [0.717, 1.165) is 4.28 Å². The number of rotatable bonds is 21. The molecule has 0 atom stereocenters. The van der Waals surface area contributed by atoms with Crippen molar-refractivity contribution in [1.82, 2.24) is 0 Å². The molecule has 26 heavy (non-hydrogen) atoms. The van der Waals surface area contributed by atoms with Crippen LogP contribution < -0.4 is 0 Å². The molecular formula is C25H53Al. The first-order valence-corrected chi connectivity index (χ1v) is 13.7. The molecule has 0 saturated heterocycles. The van der Waals surface area contributed by atoms with Crippen LogP contribution in [0.3, 0.4) is 0 Å². The molecule has 0 rings (SSSR count). The lowest BCUT2D eigenvalue weighted by Gasteiger charge is -2.31. The molecule has 156 valence electrons. The van der Waals surface area contributed by atoms with Crippen molar-refractivity contribution in [3.63, 3.8) is 0 Å². The molecule has 0 nitrogen and oxygen atoms in total. The standard InChI is InChI=1S/C25H51.Al.2H/c1-4-7-10-13-16-19-22-25(23-20-17-14-11-8-5-2)24-21-18-15-12-9-6-3;;;/h4-24H2,1-3H3;;;. The van der Waals surface area contributed by atoms with Crippen LogP contribution in [0.15, 0.2) is 0 Å². The van der Waals surface area contributed by atoms with Crippen LogP contribution in [0.4, 0.5) is 0 Å². The summed E-state index contributed by atoms with van der Waals surface area (Å²) in [4.78, 5) is 0. The Bertz CT molecular complexity index is 220. The summed E-state index contributed by atoms with van der Waals surface area (Å²) >= 11 is 1.43. The highest BCUT2D eigenvalue weighted by Gasteiger charge is 2.22. The Morgan fingerprint density at radius 2 is 0.615 bits per heavy atom. The zero-order chi connectivity index (χ0) is 19.3. The Balaban J connectivity index is 4.02. The van der Waals surface area contributed by atoms with E-state index >= 15 is 0 Å². The highest BCUT2D eigenvalue weighted by molar-refractivity contribution is 6.15. The third-order valence-electron chi connectivity index (χ3n) is 6.40. The summed E-state index contributed by atoms with van der Waals surface area (Å²) in [5.41, 5.74) is 0. The molecule has 0 aromatic heterocycles. The molecule has 0 spiro atoms. The van der Waals surface area contributed by atoms with Gasteiger partial charge in [0.05, 0.1) is 0 Å². The van der Waals surface area contributed by atoms with Crippen molar-refractivity contribution >= 4 is 16.3 Å². The minimum absolute atomic E-state index is 0.778. The van der Waals surface area contributed by atoms with Crippen molar-refractivity contribution in [1.29, 1.82) is 0 Å². The Labute approximate surface area is 176 Å². The Morgan fingerprint density at radius 1 is 0.385 bits per heavy atom. The first kappa shape index (κ1) is 26.5. The maximum Gasteiger partial charge on any atom is 0.221 e. The highest BCUT2D eigenvalue weighted by Crippen LogP contribution is 2.41. The predicted molar refractivity (Wildman–Crippen MR) is 125 cm³/mol. The normalized spacial score (nSPS) is 12.0. The van der Waals surface area contributed by atoms with Crippen molar-refractivity contribution in [2.45, 2.75) is 160 Å². The summed E-state index contributed by atoms with van der Waals surface area (Å²) in [5.74, 6) is 0. The maximum absolute atomic E-state index is 2.32. The number of unbranched alkanes of at least 4 members (excludes halogenated alkanes) is 15. The van der Waals surface area contributed by atoms with E-state index in [2.05, 4.69) is 20.8 Å². The van der Waals surface area contributed by atoms with Gasteiger partial charge in [0, 0.05) is 0 Å². The zero-order valence-corrected chi connectivity index (χ0v) is 21.3. The SMILES string of the molecule is CCCCCCCC[C]([AlH2])(CCCCCCCC)CCCCCCCC. The fourth-order valence-electron chi connectivity index (χ4n) is 4.37. The smallest absolute Gasteiger partial charge is 0.0796 e. The lowest BCUT2D eigenvalue weighted by atomic mass is 9.88. The molecule has 0 heterocycles. The van der Waals surface area contributed by atoms with Gasteiger partial charge in [0.15, 0.2) is 0 Å². The summed E-state index contributed by atoms with van der Waals surface area (Å²) < 4.78 is 0.778. The summed E-state index contributed by atoms with van der Waals surface area (Å²) in [6, 6.07) is 0. The van der Waals surface area contributed by atoms with Gasteiger partial charge in [-0.15, -0.1) is 0 Å². The van der Waals surface area contributed by atoms with E-state index in [9.17, 15) is 0 Å². The fourth-order valence-corrected chi connectivity index (χ4v) is 5.43. The van der Waals surface area contributed by atoms with E-state index < -0.39 is 0 Å². The van der Waals surface area contributed by atoms with Crippen molar-refractivity contribution in [3.8, 4) is 0 Å². The van der Waals surface area contributed by atoms with Gasteiger partial charge in [-0.05, 0) is 0 Å². The molecule has 0 fully saturated rings. The average Bonchev–Trinajstić information content (AvgIpc) is 2.64. The van der Waals surface area contributed by atoms with Crippen molar-refractivity contribution in [2.75, 3.05) is 0 Å². The highest BCUT2D eigenvalue weighted by atomic mass is 27.0. The van der Waals surface area contributed by atoms with Crippen LogP contribution >= 0.6 is 0 Å². The number of hydrogen-bond acceptors (Lipinski definition) is 0. The summed E-state index contributed by atoms with van der Waals surface area (Å²) in [6.07, 6.45) is 31.0. The van der Waals surface area contributed by atoms with Gasteiger partial charge in [0.2, 0.25) is 16.3 Å². The largest absolute Gasteiger partial charge is 0.221 e. The Morgan fingerprint density at radius 3 is 0.885 bits per heavy atom. The summed E-state index contributed by atoms with van der Waals surface area (Å²) in [7, 11) is 0. The van der Waals surface area contributed by atoms with Gasteiger partial charge in [0.1, 0.15) is 0 Å². The molecule has 0 amide bonds. The van der Waals surface area contributed by atoms with E-state index in [1.54, 1.807) is 19.3 Å². The summed E-state index contributed by atoms with van der Waals surface area (Å²) in [5, 5.41) is 0. The molecule has 0 aromatic rings. The van der Waals surface area contributed by atoms with Crippen molar-refractivity contribution in [2.24, 2.45) is 0 Å². The first-order valence-electron chi connectivity index (χ1n) is 12.7. The van der Waals surface area contributed by atoms with Gasteiger partial charge in [-0.1, -0.05) is 160 Å². The second kappa shape index (κ2) is 20.3. The monoisotopic (exact) mass is 380 g/mol. The minimum Gasteiger partial charge on any atom is -0.0796 e. The molecule has 0 radical (unpaired) electrons. The van der Waals surface area contributed by atoms with Gasteiger partial charge >= 0.3 is 0 Å². The lowest BCUT2D eigenvalue weighted by Crippen LogP contribution is -2.13. The van der Waals surface area contributed by atoms with Crippen LogP contribution in [0.5, 0.6) is 0 Å². The second-order valence-corrected chi connectivity index (χ2v) is 11.5. The molecule has 0 N–H and O–H groups in total. The molecule has 0 saturated carbocycles. The second-order valence-electron chi connectivity index (χ2n) is 9.36. The molecular weight excluding hydrogens is 327 g/mol. The van der Waals surface area contributed by atoms with Gasteiger partial charge in [-0.2, -0.15) is 0 Å². The van der Waals surface area contributed by atoms with Gasteiger partial charge in [-0.3, -0.25) is 0 Å². The van der Waals surface area contributed by atoms with Crippen molar-refractivity contribution < 1.29 is 0 Å². The lowest BCUT2D eigenvalue weighted by molar-refractivity contribution is 0.385. The van der Waals surface area contributed by atoms with Crippen LogP contribution in [0.25, 0.3) is 0 Å². The van der Waals surface area contributed by atoms with E-state index in [4.69, 9.17) is 0 Å². The van der Waals surface area contributed by atoms with E-state index in [1.807, 2.05) is 0 Å².